The Morgan fingerprint density at radius 2 is 2.33 bits per heavy atom. The zero-order valence-corrected chi connectivity index (χ0v) is 6.24. The monoisotopic (exact) mass is 168 g/mol. The minimum Gasteiger partial charge on any atom is -0.475 e. The molecule has 1 aromatic heterocycles. The van der Waals surface area contributed by atoms with Gasteiger partial charge in [0.25, 0.3) is 5.82 Å². The number of aromatic nitrogens is 3. The van der Waals surface area contributed by atoms with E-state index >= 15 is 0 Å². The van der Waals surface area contributed by atoms with Crippen molar-refractivity contribution in [1.29, 1.82) is 0 Å². The second-order valence-corrected chi connectivity index (χ2v) is 2.70. The third-order valence-electron chi connectivity index (χ3n) is 1.86. The van der Waals surface area contributed by atoms with Gasteiger partial charge in [-0.3, -0.25) is 5.10 Å². The first-order valence-corrected chi connectivity index (χ1v) is 3.63. The van der Waals surface area contributed by atoms with Gasteiger partial charge in [0.2, 0.25) is 0 Å². The number of aromatic carboxylic acids is 1. The van der Waals surface area contributed by atoms with Crippen molar-refractivity contribution in [1.82, 2.24) is 20.5 Å². The van der Waals surface area contributed by atoms with Gasteiger partial charge in [0.1, 0.15) is 5.82 Å². The maximum absolute atomic E-state index is 10.4. The third-order valence-corrected chi connectivity index (χ3v) is 1.86. The number of hydrogen-bond donors (Lipinski definition) is 3. The van der Waals surface area contributed by atoms with Crippen LogP contribution in [-0.4, -0.2) is 39.3 Å². The lowest BCUT2D eigenvalue weighted by molar-refractivity contribution is 0.0684. The van der Waals surface area contributed by atoms with E-state index in [2.05, 4.69) is 20.5 Å². The standard InChI is InChI=1S/C6H8N4O2/c11-6(12)5-8-4(9-10-5)3-1-7-2-3/h3,7H,1-2H2,(H,11,12)(H,8,9,10). The molecule has 0 amide bonds. The number of nitrogens with zero attached hydrogens (tertiary/aromatic N) is 2. The number of nitrogens with one attached hydrogen (secondary N) is 2. The molecule has 0 spiro atoms. The Labute approximate surface area is 68.0 Å². The van der Waals surface area contributed by atoms with E-state index in [4.69, 9.17) is 5.11 Å². The van der Waals surface area contributed by atoms with Crippen molar-refractivity contribution < 1.29 is 9.90 Å². The molecule has 12 heavy (non-hydrogen) atoms. The minimum absolute atomic E-state index is 0.156. The number of carbonyl (C=O) groups is 1. The molecule has 0 bridgehead atoms. The van der Waals surface area contributed by atoms with E-state index in [0.717, 1.165) is 13.1 Å². The van der Waals surface area contributed by atoms with Crippen LogP contribution in [0.2, 0.25) is 0 Å². The van der Waals surface area contributed by atoms with Gasteiger partial charge < -0.3 is 10.4 Å². The van der Waals surface area contributed by atoms with Crippen LogP contribution < -0.4 is 5.32 Å². The van der Waals surface area contributed by atoms with Crippen molar-refractivity contribution in [3.05, 3.63) is 11.6 Å². The second-order valence-electron chi connectivity index (χ2n) is 2.70. The molecule has 1 aliphatic rings. The van der Waals surface area contributed by atoms with Crippen molar-refractivity contribution in [3.8, 4) is 0 Å². The summed E-state index contributed by atoms with van der Waals surface area (Å²) in [6, 6.07) is 0. The molecule has 6 nitrogen and oxygen atoms in total. The third kappa shape index (κ3) is 1.06. The van der Waals surface area contributed by atoms with Crippen LogP contribution in [0.1, 0.15) is 22.4 Å². The van der Waals surface area contributed by atoms with Crippen LogP contribution in [0.4, 0.5) is 0 Å². The Hall–Kier alpha value is -1.43. The topological polar surface area (TPSA) is 90.9 Å². The Morgan fingerprint density at radius 1 is 1.58 bits per heavy atom. The van der Waals surface area contributed by atoms with E-state index < -0.39 is 5.97 Å². The lowest BCUT2D eigenvalue weighted by atomic mass is 10.0. The number of carboxylic acid groups (broad SMARTS) is 1. The summed E-state index contributed by atoms with van der Waals surface area (Å²) in [5, 5.41) is 17.7. The lowest BCUT2D eigenvalue weighted by Gasteiger charge is -2.24. The highest BCUT2D eigenvalue weighted by Crippen LogP contribution is 2.14. The molecular weight excluding hydrogens is 160 g/mol. The molecule has 0 aliphatic carbocycles. The second kappa shape index (κ2) is 2.56. The normalized spacial score (nSPS) is 17.3. The number of carboxylic acids is 1. The molecule has 0 unspecified atom stereocenters. The molecule has 2 rings (SSSR count). The van der Waals surface area contributed by atoms with Crippen molar-refractivity contribution in [2.45, 2.75) is 5.92 Å². The Kier molecular flexibility index (Phi) is 1.54. The van der Waals surface area contributed by atoms with E-state index in [0.29, 0.717) is 11.7 Å². The zero-order valence-electron chi connectivity index (χ0n) is 6.24. The zero-order chi connectivity index (χ0) is 8.55. The molecule has 6 heteroatoms. The van der Waals surface area contributed by atoms with Gasteiger partial charge >= 0.3 is 5.97 Å². The van der Waals surface area contributed by atoms with Crippen molar-refractivity contribution in [2.75, 3.05) is 13.1 Å². The van der Waals surface area contributed by atoms with E-state index in [9.17, 15) is 4.79 Å². The highest BCUT2D eigenvalue weighted by molar-refractivity contribution is 5.82. The maximum Gasteiger partial charge on any atom is 0.375 e. The van der Waals surface area contributed by atoms with Gasteiger partial charge in [-0.2, -0.15) is 0 Å². The lowest BCUT2D eigenvalue weighted by Crippen LogP contribution is -2.40. The Morgan fingerprint density at radius 3 is 2.75 bits per heavy atom. The first kappa shape index (κ1) is 7.23. The predicted molar refractivity (Wildman–Crippen MR) is 39.0 cm³/mol. The number of H-pyrrole nitrogens is 1. The van der Waals surface area contributed by atoms with Crippen LogP contribution in [-0.2, 0) is 0 Å². The summed E-state index contributed by atoms with van der Waals surface area (Å²) in [5.41, 5.74) is 0. The summed E-state index contributed by atoms with van der Waals surface area (Å²) in [4.78, 5) is 14.2. The van der Waals surface area contributed by atoms with E-state index in [1.165, 1.54) is 0 Å². The Bertz CT molecular complexity index is 304. The van der Waals surface area contributed by atoms with Gasteiger partial charge in [-0.05, 0) is 0 Å². The first-order valence-electron chi connectivity index (χ1n) is 3.63. The van der Waals surface area contributed by atoms with E-state index in [-0.39, 0.29) is 5.82 Å². The average Bonchev–Trinajstić information content (AvgIpc) is 2.32. The fourth-order valence-corrected chi connectivity index (χ4v) is 1.03. The number of hydrogen-bond acceptors (Lipinski definition) is 4. The summed E-state index contributed by atoms with van der Waals surface area (Å²) < 4.78 is 0. The summed E-state index contributed by atoms with van der Waals surface area (Å²) >= 11 is 0. The predicted octanol–water partition coefficient (Wildman–Crippen LogP) is -0.810. The first-order chi connectivity index (χ1) is 5.77. The molecule has 1 saturated heterocycles. The van der Waals surface area contributed by atoms with Crippen LogP contribution in [0.15, 0.2) is 0 Å². The van der Waals surface area contributed by atoms with Crippen LogP contribution in [0, 0.1) is 0 Å². The fourth-order valence-electron chi connectivity index (χ4n) is 1.03. The molecular formula is C6H8N4O2. The van der Waals surface area contributed by atoms with Gasteiger partial charge in [-0.25, -0.2) is 9.78 Å². The molecule has 0 radical (unpaired) electrons. The van der Waals surface area contributed by atoms with Gasteiger partial charge in [-0.1, -0.05) is 0 Å². The quantitative estimate of drug-likeness (QED) is 0.537. The van der Waals surface area contributed by atoms with Gasteiger partial charge in [0.05, 0.1) is 0 Å². The molecule has 0 aromatic carbocycles. The van der Waals surface area contributed by atoms with Crippen LogP contribution in [0.5, 0.6) is 0 Å². The van der Waals surface area contributed by atoms with Crippen LogP contribution >= 0.6 is 0 Å². The van der Waals surface area contributed by atoms with Crippen molar-refractivity contribution in [3.63, 3.8) is 0 Å². The van der Waals surface area contributed by atoms with Gasteiger partial charge in [-0.15, -0.1) is 5.10 Å². The SMILES string of the molecule is O=C(O)c1n[nH]c(C2CNC2)n1. The smallest absolute Gasteiger partial charge is 0.375 e. The number of aromatic amines is 1. The molecule has 0 saturated carbocycles. The maximum atomic E-state index is 10.4. The molecule has 1 aliphatic heterocycles. The molecule has 1 aromatic rings. The summed E-state index contributed by atoms with van der Waals surface area (Å²) in [5.74, 6) is -0.293. The largest absolute Gasteiger partial charge is 0.475 e. The summed E-state index contributed by atoms with van der Waals surface area (Å²) in [7, 11) is 0. The van der Waals surface area contributed by atoms with Crippen molar-refractivity contribution >= 4 is 5.97 Å². The number of rotatable bonds is 2. The summed E-state index contributed by atoms with van der Waals surface area (Å²) in [6.07, 6.45) is 0. The highest BCUT2D eigenvalue weighted by atomic mass is 16.4. The fraction of sp³-hybridized carbons (Fsp3) is 0.500. The van der Waals surface area contributed by atoms with Crippen LogP contribution in [0.25, 0.3) is 0 Å². The molecule has 2 heterocycles. The Balaban J connectivity index is 2.17. The highest BCUT2D eigenvalue weighted by Gasteiger charge is 2.23. The molecule has 3 N–H and O–H groups in total. The molecule has 0 atom stereocenters. The molecule has 1 fully saturated rings. The van der Waals surface area contributed by atoms with E-state index in [1.807, 2.05) is 0 Å². The summed E-state index contributed by atoms with van der Waals surface area (Å²) in [6.45, 7) is 1.68. The van der Waals surface area contributed by atoms with Gasteiger partial charge in [0.15, 0.2) is 0 Å². The van der Waals surface area contributed by atoms with E-state index in [1.54, 1.807) is 0 Å². The van der Waals surface area contributed by atoms with Crippen LogP contribution in [0.3, 0.4) is 0 Å². The minimum atomic E-state index is -1.09. The van der Waals surface area contributed by atoms with Crippen molar-refractivity contribution in [2.24, 2.45) is 0 Å². The average molecular weight is 168 g/mol. The van der Waals surface area contributed by atoms with Gasteiger partial charge in [0, 0.05) is 19.0 Å². The molecule has 64 valence electrons.